The number of nitrogens with zero attached hydrogens (tertiary/aromatic N) is 2. The van der Waals surface area contributed by atoms with Crippen LogP contribution in [0.1, 0.15) is 11.6 Å². The molecule has 0 aromatic heterocycles. The fourth-order valence-electron chi connectivity index (χ4n) is 2.24. The molecule has 1 atom stereocenters. The van der Waals surface area contributed by atoms with Gasteiger partial charge >= 0.3 is 0 Å². The number of nitrogens with one attached hydrogen (secondary N) is 1. The molecule has 0 aliphatic carbocycles. The van der Waals surface area contributed by atoms with Crippen LogP contribution in [0.25, 0.3) is 0 Å². The number of guanidine groups is 1. The maximum Gasteiger partial charge on any atom is 0.193 e. The van der Waals surface area contributed by atoms with Crippen molar-refractivity contribution in [3.05, 3.63) is 65.7 Å². The van der Waals surface area contributed by atoms with Crippen molar-refractivity contribution in [2.75, 3.05) is 26.0 Å². The van der Waals surface area contributed by atoms with Crippen LogP contribution < -0.4 is 11.1 Å². The van der Waals surface area contributed by atoms with Gasteiger partial charge in [0.25, 0.3) is 0 Å². The second-order valence-electron chi connectivity index (χ2n) is 5.33. The van der Waals surface area contributed by atoms with E-state index in [1.165, 1.54) is 18.2 Å². The van der Waals surface area contributed by atoms with Crippen LogP contribution in [0.2, 0.25) is 0 Å². The lowest BCUT2D eigenvalue weighted by atomic mass is 10.0. The minimum Gasteiger partial charge on any atom is -0.370 e. The number of hydrogen-bond acceptors (Lipinski definition) is 2. The number of benzene rings is 2. The van der Waals surface area contributed by atoms with Gasteiger partial charge in [0.1, 0.15) is 11.6 Å². The smallest absolute Gasteiger partial charge is 0.193 e. The summed E-state index contributed by atoms with van der Waals surface area (Å²) in [4.78, 5) is 5.92. The maximum atomic E-state index is 14.0. The molecular weight excluding hydrogens is 425 g/mol. The molecule has 0 fully saturated rings. The number of aliphatic imine (C=N–C) groups is 1. The van der Waals surface area contributed by atoms with Crippen molar-refractivity contribution >= 4 is 35.6 Å². The topological polar surface area (TPSA) is 53.6 Å². The average Bonchev–Trinajstić information content (AvgIpc) is 2.50. The zero-order valence-corrected chi connectivity index (χ0v) is 15.9. The Morgan fingerprint density at radius 1 is 1.08 bits per heavy atom. The van der Waals surface area contributed by atoms with E-state index in [1.807, 2.05) is 30.3 Å². The van der Waals surface area contributed by atoms with Crippen molar-refractivity contribution in [2.45, 2.75) is 6.04 Å². The molecule has 0 heterocycles. The Morgan fingerprint density at radius 2 is 1.67 bits per heavy atom. The van der Waals surface area contributed by atoms with Gasteiger partial charge in [-0.2, -0.15) is 0 Å². The molecule has 0 amide bonds. The molecule has 0 radical (unpaired) electrons. The molecule has 7 heteroatoms. The first kappa shape index (κ1) is 20.3. The van der Waals surface area contributed by atoms with Crippen molar-refractivity contribution in [1.29, 1.82) is 0 Å². The summed E-state index contributed by atoms with van der Waals surface area (Å²) >= 11 is 0. The summed E-state index contributed by atoms with van der Waals surface area (Å²) in [6.07, 6.45) is 0. The minimum atomic E-state index is -0.589. The highest BCUT2D eigenvalue weighted by atomic mass is 127. The zero-order chi connectivity index (χ0) is 16.8. The molecule has 4 nitrogen and oxygen atoms in total. The van der Waals surface area contributed by atoms with Crippen LogP contribution in [0, 0.1) is 11.6 Å². The third kappa shape index (κ3) is 5.41. The lowest BCUT2D eigenvalue weighted by molar-refractivity contribution is 0.290. The maximum absolute atomic E-state index is 14.0. The van der Waals surface area contributed by atoms with E-state index in [9.17, 15) is 8.78 Å². The summed E-state index contributed by atoms with van der Waals surface area (Å²) in [6.45, 7) is 0.135. The highest BCUT2D eigenvalue weighted by molar-refractivity contribution is 14.0. The largest absolute Gasteiger partial charge is 0.370 e. The third-order valence-corrected chi connectivity index (χ3v) is 3.44. The number of rotatable bonds is 5. The molecule has 130 valence electrons. The Balaban J connectivity index is 0.00000288. The zero-order valence-electron chi connectivity index (χ0n) is 13.5. The van der Waals surface area contributed by atoms with E-state index in [0.717, 1.165) is 5.69 Å². The summed E-state index contributed by atoms with van der Waals surface area (Å²) in [5.74, 6) is -0.984. The molecule has 0 spiro atoms. The molecule has 3 N–H and O–H groups in total. The summed E-state index contributed by atoms with van der Waals surface area (Å²) in [5.41, 5.74) is 6.63. The quantitative estimate of drug-likeness (QED) is 0.419. The van der Waals surface area contributed by atoms with Gasteiger partial charge in [-0.3, -0.25) is 4.99 Å². The van der Waals surface area contributed by atoms with Gasteiger partial charge in [0, 0.05) is 11.3 Å². The van der Waals surface area contributed by atoms with Crippen LogP contribution in [-0.4, -0.2) is 31.5 Å². The van der Waals surface area contributed by atoms with Gasteiger partial charge < -0.3 is 16.0 Å². The van der Waals surface area contributed by atoms with Gasteiger partial charge in [-0.15, -0.1) is 24.0 Å². The molecule has 0 aliphatic heterocycles. The van der Waals surface area contributed by atoms with Crippen molar-refractivity contribution in [2.24, 2.45) is 10.7 Å². The van der Waals surface area contributed by atoms with E-state index >= 15 is 0 Å². The Labute approximate surface area is 157 Å². The predicted octanol–water partition coefficient (Wildman–Crippen LogP) is 3.61. The molecule has 0 saturated heterocycles. The minimum absolute atomic E-state index is 0. The molecular formula is C17H21F2IN4. The van der Waals surface area contributed by atoms with Crippen LogP contribution in [0.3, 0.4) is 0 Å². The molecule has 1 unspecified atom stereocenters. The SMILES string of the molecule is CN(C)C(CN=C(N)Nc1ccccc1)c1c(F)cccc1F.I. The summed E-state index contributed by atoms with van der Waals surface area (Å²) < 4.78 is 27.9. The number of nitrogens with two attached hydrogens (primary N) is 1. The predicted molar refractivity (Wildman–Crippen MR) is 105 cm³/mol. The molecule has 0 saturated carbocycles. The van der Waals surface area contributed by atoms with Crippen LogP contribution in [0.15, 0.2) is 53.5 Å². The molecule has 0 bridgehead atoms. The highest BCUT2D eigenvalue weighted by Gasteiger charge is 2.21. The Kier molecular flexibility index (Phi) is 8.06. The van der Waals surface area contributed by atoms with Crippen LogP contribution >= 0.6 is 24.0 Å². The van der Waals surface area contributed by atoms with Gasteiger partial charge in [-0.25, -0.2) is 8.78 Å². The van der Waals surface area contributed by atoms with Crippen LogP contribution in [0.4, 0.5) is 14.5 Å². The summed E-state index contributed by atoms with van der Waals surface area (Å²) in [6, 6.07) is 12.6. The Morgan fingerprint density at radius 3 is 2.21 bits per heavy atom. The van der Waals surface area contributed by atoms with Gasteiger partial charge in [0.05, 0.1) is 12.6 Å². The summed E-state index contributed by atoms with van der Waals surface area (Å²) in [7, 11) is 3.49. The van der Waals surface area contributed by atoms with Crippen molar-refractivity contribution in [3.8, 4) is 0 Å². The van der Waals surface area contributed by atoms with E-state index in [1.54, 1.807) is 19.0 Å². The number of anilines is 1. The summed E-state index contributed by atoms with van der Waals surface area (Å²) in [5, 5.41) is 2.94. The molecule has 2 rings (SSSR count). The van der Waals surface area contributed by atoms with E-state index in [2.05, 4.69) is 10.3 Å². The number of para-hydroxylation sites is 1. The fourth-order valence-corrected chi connectivity index (χ4v) is 2.24. The molecule has 2 aromatic carbocycles. The van der Waals surface area contributed by atoms with Gasteiger partial charge in [-0.1, -0.05) is 24.3 Å². The van der Waals surface area contributed by atoms with Gasteiger partial charge in [0.15, 0.2) is 5.96 Å². The lowest BCUT2D eigenvalue weighted by Gasteiger charge is -2.24. The second kappa shape index (κ2) is 9.53. The Bertz CT molecular complexity index is 657. The first-order chi connectivity index (χ1) is 11.0. The standard InChI is InChI=1S/C17H20F2N4.HI/c1-23(2)15(16-13(18)9-6-10-14(16)19)11-21-17(20)22-12-7-4-3-5-8-12;/h3-10,15H,11H2,1-2H3,(H3,20,21,22);1H. The van der Waals surface area contributed by atoms with E-state index in [4.69, 9.17) is 5.73 Å². The van der Waals surface area contributed by atoms with E-state index in [-0.39, 0.29) is 42.0 Å². The monoisotopic (exact) mass is 446 g/mol. The lowest BCUT2D eigenvalue weighted by Crippen LogP contribution is -2.28. The molecule has 2 aromatic rings. The van der Waals surface area contributed by atoms with Gasteiger partial charge in [-0.05, 0) is 38.4 Å². The highest BCUT2D eigenvalue weighted by Crippen LogP contribution is 2.24. The van der Waals surface area contributed by atoms with Crippen molar-refractivity contribution in [1.82, 2.24) is 4.90 Å². The van der Waals surface area contributed by atoms with E-state index in [0.29, 0.717) is 0 Å². The van der Waals surface area contributed by atoms with E-state index < -0.39 is 17.7 Å². The Hall–Kier alpha value is -1.74. The molecule has 24 heavy (non-hydrogen) atoms. The molecule has 0 aliphatic rings. The van der Waals surface area contributed by atoms with Gasteiger partial charge in [0.2, 0.25) is 0 Å². The number of likely N-dealkylation sites (N-methyl/N-ethyl adjacent to an activating group) is 1. The fraction of sp³-hybridized carbons (Fsp3) is 0.235. The van der Waals surface area contributed by atoms with Crippen molar-refractivity contribution in [3.63, 3.8) is 0 Å². The number of hydrogen-bond donors (Lipinski definition) is 2. The third-order valence-electron chi connectivity index (χ3n) is 3.44. The first-order valence-electron chi connectivity index (χ1n) is 7.21. The van der Waals surface area contributed by atoms with Crippen LogP contribution in [-0.2, 0) is 0 Å². The first-order valence-corrected chi connectivity index (χ1v) is 7.21. The van der Waals surface area contributed by atoms with Crippen molar-refractivity contribution < 1.29 is 8.78 Å². The van der Waals surface area contributed by atoms with Crippen LogP contribution in [0.5, 0.6) is 0 Å². The number of halogens is 3. The second-order valence-corrected chi connectivity index (χ2v) is 5.33. The average molecular weight is 446 g/mol. The normalized spacial score (nSPS) is 12.6.